The Morgan fingerprint density at radius 1 is 1.30 bits per heavy atom. The van der Waals surface area contributed by atoms with Gasteiger partial charge in [-0.2, -0.15) is 13.2 Å². The fourth-order valence-electron chi connectivity index (χ4n) is 6.58. The second kappa shape index (κ2) is 10.2. The Hall–Kier alpha value is -2.12. The van der Waals surface area contributed by atoms with Crippen molar-refractivity contribution in [2.45, 2.75) is 81.4 Å². The van der Waals surface area contributed by atoms with E-state index in [1.165, 1.54) is 0 Å². The van der Waals surface area contributed by atoms with Crippen LogP contribution in [0.5, 0.6) is 0 Å². The molecule has 1 aromatic rings. The third kappa shape index (κ3) is 5.26. The zero-order valence-electron chi connectivity index (χ0n) is 20.6. The molecule has 6 atom stereocenters. The number of hydrogen-bond acceptors (Lipinski definition) is 7. The molecule has 13 heteroatoms. The van der Waals surface area contributed by atoms with Crippen LogP contribution >= 0.6 is 0 Å². The Morgan fingerprint density at radius 2 is 2.11 bits per heavy atom. The van der Waals surface area contributed by atoms with E-state index in [1.807, 2.05) is 0 Å². The number of carbonyl (C=O) groups is 1. The summed E-state index contributed by atoms with van der Waals surface area (Å²) in [4.78, 5) is 24.9. The van der Waals surface area contributed by atoms with Gasteiger partial charge in [-0.3, -0.25) is 4.79 Å². The Morgan fingerprint density at radius 3 is 2.78 bits per heavy atom. The number of halogens is 5. The van der Waals surface area contributed by atoms with Crippen molar-refractivity contribution < 1.29 is 36.2 Å². The lowest BCUT2D eigenvalue weighted by Gasteiger charge is -2.40. The van der Waals surface area contributed by atoms with Crippen molar-refractivity contribution in [3.05, 3.63) is 18.0 Å². The third-order valence-corrected chi connectivity index (χ3v) is 8.36. The monoisotopic (exact) mass is 533 g/mol. The molecule has 206 valence electrons. The first-order valence-electron chi connectivity index (χ1n) is 12.7. The van der Waals surface area contributed by atoms with E-state index in [4.69, 9.17) is 9.47 Å². The molecule has 0 unspecified atom stereocenters. The summed E-state index contributed by atoms with van der Waals surface area (Å²) in [7, 11) is 1.61. The summed E-state index contributed by atoms with van der Waals surface area (Å²) in [5, 5.41) is 3.53. The van der Waals surface area contributed by atoms with Crippen LogP contribution in [0.25, 0.3) is 0 Å². The van der Waals surface area contributed by atoms with Crippen molar-refractivity contribution in [3.63, 3.8) is 0 Å². The van der Waals surface area contributed by atoms with Gasteiger partial charge in [0.05, 0.1) is 30.2 Å². The Labute approximate surface area is 211 Å². The van der Waals surface area contributed by atoms with Gasteiger partial charge in [-0.05, 0) is 38.2 Å². The SMILES string of the molecule is CO[C@@H]1COCC[C@@H]1N[C@@H]1CC[C@](CC(F)F)(C(=O)N2C[C@H]3C[C@H]2CN3c2nccc(C(F)(F)F)n2)C1. The molecular formula is C24H32F5N5O3. The maximum atomic E-state index is 13.8. The highest BCUT2D eigenvalue weighted by Crippen LogP contribution is 2.47. The number of piperazine rings is 1. The molecule has 5 rings (SSSR count). The molecule has 0 radical (unpaired) electrons. The van der Waals surface area contributed by atoms with Crippen molar-refractivity contribution in [3.8, 4) is 0 Å². The Bertz CT molecular complexity index is 984. The second-order valence-electron chi connectivity index (χ2n) is 10.6. The van der Waals surface area contributed by atoms with Gasteiger partial charge >= 0.3 is 6.18 Å². The van der Waals surface area contributed by atoms with Crippen molar-refractivity contribution in [1.29, 1.82) is 0 Å². The summed E-state index contributed by atoms with van der Waals surface area (Å²) >= 11 is 0. The minimum Gasteiger partial charge on any atom is -0.379 e. The van der Waals surface area contributed by atoms with Crippen molar-refractivity contribution >= 4 is 11.9 Å². The molecule has 2 bridgehead atoms. The molecule has 1 amide bonds. The van der Waals surface area contributed by atoms with E-state index in [-0.39, 0.29) is 55.2 Å². The van der Waals surface area contributed by atoms with Gasteiger partial charge in [0.2, 0.25) is 18.3 Å². The van der Waals surface area contributed by atoms with Crippen molar-refractivity contribution in [1.82, 2.24) is 20.2 Å². The molecular weight excluding hydrogens is 501 g/mol. The second-order valence-corrected chi connectivity index (χ2v) is 10.6. The molecule has 1 aromatic heterocycles. The molecule has 1 N–H and O–H groups in total. The number of aromatic nitrogens is 2. The highest BCUT2D eigenvalue weighted by molar-refractivity contribution is 5.84. The summed E-state index contributed by atoms with van der Waals surface area (Å²) in [6.45, 7) is 1.60. The van der Waals surface area contributed by atoms with E-state index < -0.39 is 30.1 Å². The number of nitrogens with one attached hydrogen (secondary N) is 1. The van der Waals surface area contributed by atoms with Gasteiger partial charge in [0, 0.05) is 51.5 Å². The molecule has 1 aliphatic carbocycles. The highest BCUT2D eigenvalue weighted by atomic mass is 19.4. The number of carbonyl (C=O) groups excluding carboxylic acids is 1. The zero-order chi connectivity index (χ0) is 26.4. The van der Waals surface area contributed by atoms with Crippen LogP contribution in [-0.2, 0) is 20.4 Å². The van der Waals surface area contributed by atoms with E-state index >= 15 is 0 Å². The van der Waals surface area contributed by atoms with Crippen molar-refractivity contribution in [2.75, 3.05) is 38.3 Å². The van der Waals surface area contributed by atoms with Gasteiger partial charge in [0.15, 0.2) is 0 Å². The number of anilines is 1. The number of methoxy groups -OCH3 is 1. The molecule has 0 spiro atoms. The molecule has 37 heavy (non-hydrogen) atoms. The van der Waals surface area contributed by atoms with Crippen LogP contribution in [0, 0.1) is 5.41 Å². The average Bonchev–Trinajstić information content (AvgIpc) is 3.58. The summed E-state index contributed by atoms with van der Waals surface area (Å²) in [5.41, 5.74) is -2.18. The maximum absolute atomic E-state index is 13.8. The number of hydrogen-bond donors (Lipinski definition) is 1. The quantitative estimate of drug-likeness (QED) is 0.540. The van der Waals surface area contributed by atoms with E-state index in [1.54, 1.807) is 16.9 Å². The fourth-order valence-corrected chi connectivity index (χ4v) is 6.58. The number of amides is 1. The van der Waals surface area contributed by atoms with Crippen LogP contribution in [0.15, 0.2) is 12.3 Å². The van der Waals surface area contributed by atoms with E-state index in [0.717, 1.165) is 18.7 Å². The van der Waals surface area contributed by atoms with Gasteiger partial charge in [-0.25, -0.2) is 18.7 Å². The normalized spacial score (nSPS) is 34.1. The van der Waals surface area contributed by atoms with Gasteiger partial charge in [-0.1, -0.05) is 0 Å². The molecule has 1 saturated carbocycles. The summed E-state index contributed by atoms with van der Waals surface area (Å²) in [6.07, 6.45) is -4.17. The molecule has 4 aliphatic rings. The van der Waals surface area contributed by atoms with E-state index in [9.17, 15) is 26.7 Å². The van der Waals surface area contributed by atoms with Gasteiger partial charge in [0.25, 0.3) is 0 Å². The fraction of sp³-hybridized carbons (Fsp3) is 0.792. The smallest absolute Gasteiger partial charge is 0.379 e. The van der Waals surface area contributed by atoms with Crippen LogP contribution < -0.4 is 10.2 Å². The summed E-state index contributed by atoms with van der Waals surface area (Å²) in [6, 6.07) is 0.247. The lowest BCUT2D eigenvalue weighted by molar-refractivity contribution is -0.146. The van der Waals surface area contributed by atoms with Crippen LogP contribution in [0.4, 0.5) is 27.9 Å². The number of rotatable bonds is 7. The first kappa shape index (κ1) is 26.5. The first-order valence-corrected chi connectivity index (χ1v) is 12.7. The maximum Gasteiger partial charge on any atom is 0.433 e. The molecule has 4 heterocycles. The van der Waals surface area contributed by atoms with Gasteiger partial charge < -0.3 is 24.6 Å². The van der Waals surface area contributed by atoms with E-state index in [0.29, 0.717) is 38.9 Å². The molecule has 0 aromatic carbocycles. The van der Waals surface area contributed by atoms with Crippen LogP contribution in [0.3, 0.4) is 0 Å². The largest absolute Gasteiger partial charge is 0.433 e. The van der Waals surface area contributed by atoms with Crippen molar-refractivity contribution in [2.24, 2.45) is 5.41 Å². The predicted molar refractivity (Wildman–Crippen MR) is 122 cm³/mol. The lowest BCUT2D eigenvalue weighted by Crippen LogP contribution is -2.54. The van der Waals surface area contributed by atoms with Gasteiger partial charge in [-0.15, -0.1) is 0 Å². The van der Waals surface area contributed by atoms with E-state index in [2.05, 4.69) is 15.3 Å². The number of fused-ring (bicyclic) bond motifs is 2. The number of likely N-dealkylation sites (tertiary alicyclic amines) is 1. The zero-order valence-corrected chi connectivity index (χ0v) is 20.6. The number of ether oxygens (including phenoxy) is 2. The predicted octanol–water partition coefficient (Wildman–Crippen LogP) is 2.87. The standard InChI is InChI=1S/C24H32F5N5O3/c1-36-18-13-37-7-4-17(18)31-14-2-5-23(9-14,10-20(25)26)21(35)33-11-16-8-15(33)12-34(16)22-30-6-3-19(32-22)24(27,28)29/h3,6,14-18,20,31H,2,4-5,7-13H2,1H3/t14-,15+,16-,17+,18-,23+/m1/s1. The Balaban J connectivity index is 1.27. The minimum absolute atomic E-state index is 0.0222. The van der Waals surface area contributed by atoms with Crippen LogP contribution in [-0.4, -0.2) is 90.9 Å². The first-order chi connectivity index (χ1) is 17.6. The lowest BCUT2D eigenvalue weighted by atomic mass is 9.80. The molecule has 3 aliphatic heterocycles. The highest BCUT2D eigenvalue weighted by Gasteiger charge is 2.54. The Kier molecular flexibility index (Phi) is 7.31. The number of nitrogens with zero attached hydrogens (tertiary/aromatic N) is 4. The number of alkyl halides is 5. The topological polar surface area (TPSA) is 79.8 Å². The van der Waals surface area contributed by atoms with Crippen LogP contribution in [0.1, 0.15) is 44.2 Å². The summed E-state index contributed by atoms with van der Waals surface area (Å²) in [5.74, 6) is -0.296. The van der Waals surface area contributed by atoms with Crippen LogP contribution in [0.2, 0.25) is 0 Å². The summed E-state index contributed by atoms with van der Waals surface area (Å²) < 4.78 is 77.8. The average molecular weight is 534 g/mol. The van der Waals surface area contributed by atoms with Gasteiger partial charge in [0.1, 0.15) is 5.69 Å². The third-order valence-electron chi connectivity index (χ3n) is 8.36. The molecule has 3 saturated heterocycles. The molecule has 4 fully saturated rings. The minimum atomic E-state index is -4.58. The molecule has 8 nitrogen and oxygen atoms in total.